The van der Waals surface area contributed by atoms with Crippen LogP contribution < -0.4 is 70.8 Å². The van der Waals surface area contributed by atoms with Gasteiger partial charge in [0.1, 0.15) is 72.5 Å². The van der Waals surface area contributed by atoms with E-state index in [1.165, 1.54) is 21.6 Å². The van der Waals surface area contributed by atoms with Gasteiger partial charge in [0.25, 0.3) is 0 Å². The van der Waals surface area contributed by atoms with Gasteiger partial charge in [0.05, 0.1) is 32.2 Å². The van der Waals surface area contributed by atoms with Gasteiger partial charge in [-0.05, 0) is 95.1 Å². The molecule has 13 amide bonds. The molecule has 3 aliphatic heterocycles. The molecule has 106 heavy (non-hydrogen) atoms. The fraction of sp³-hybridized carbons (Fsp3) is 0.672. The number of nitrogens with zero attached hydrogens (tertiary/aromatic N) is 5. The summed E-state index contributed by atoms with van der Waals surface area (Å²) in [6.45, 7) is 6.10. The van der Waals surface area contributed by atoms with Crippen molar-refractivity contribution in [3.8, 4) is 0 Å². The van der Waals surface area contributed by atoms with Crippen molar-refractivity contribution in [2.45, 2.75) is 203 Å². The maximum atomic E-state index is 14.8. The number of unbranched alkanes of at least 4 members (excludes halogenated alkanes) is 1. The number of rotatable bonds is 44. The second kappa shape index (κ2) is 44.9. The van der Waals surface area contributed by atoms with Gasteiger partial charge in [0.2, 0.25) is 76.8 Å². The summed E-state index contributed by atoms with van der Waals surface area (Å²) in [4.78, 5) is 214. The van der Waals surface area contributed by atoms with Crippen molar-refractivity contribution in [1.82, 2.24) is 67.5 Å². The lowest BCUT2D eigenvalue weighted by atomic mass is 9.96. The third kappa shape index (κ3) is 26.8. The molecule has 0 spiro atoms. The highest BCUT2D eigenvalue weighted by molar-refractivity contribution is 7.80. The van der Waals surface area contributed by atoms with Crippen molar-refractivity contribution < 1.29 is 92.3 Å². The number of amides is 13. The minimum absolute atomic E-state index is 0.0163. The number of guanidine groups is 1. The number of carboxylic acid groups (broad SMARTS) is 2. The lowest BCUT2D eigenvalue weighted by Crippen LogP contribution is -2.62. The normalized spacial score (nSPS) is 18.9. The summed E-state index contributed by atoms with van der Waals surface area (Å²) in [6, 6.07) is -8.22. The lowest BCUT2D eigenvalue weighted by molar-refractivity contribution is -0.149. The summed E-state index contributed by atoms with van der Waals surface area (Å²) in [6.07, 6.45) is 0.283. The molecule has 0 radical (unpaired) electrons. The van der Waals surface area contributed by atoms with Crippen molar-refractivity contribution in [3.05, 3.63) is 35.9 Å². The van der Waals surface area contributed by atoms with Crippen LogP contribution in [0.3, 0.4) is 0 Å². The minimum atomic E-state index is -1.79. The van der Waals surface area contributed by atoms with Gasteiger partial charge in [0.15, 0.2) is 5.96 Å². The van der Waals surface area contributed by atoms with Crippen LogP contribution in [0.5, 0.6) is 0 Å². The zero-order valence-corrected chi connectivity index (χ0v) is 62.4. The SMILES string of the molecule is CC[C@H](C)[C@H](NC(=O)[C@@H]1CCCN1C(=O)[C@@H]1CCCN1C(=O)[C@@H](NC(=O)[C@H](CO)NC(=O)CN(CCCCN)C(=O)[C@@H](NC(=O)[C@H](CS)NC(=O)[C@H](CCCN=C(N)N)NC(=O)CN)[C@@H](C)O)[C@@H](C)CC)C(=O)N[C@@H](CS)C(=O)N[C@@H](Cc1ccccc1)C(=O)N1CCC[C@H]1C(=O)N[C@@H](CC(=O)O)C(=O)O. The van der Waals surface area contributed by atoms with Crippen LogP contribution in [-0.4, -0.2) is 284 Å². The molecule has 21 N–H and O–H groups in total. The second-order valence-corrected chi connectivity index (χ2v) is 27.3. The van der Waals surface area contributed by atoms with Gasteiger partial charge < -0.3 is 111 Å². The molecule has 0 bridgehead atoms. The standard InChI is InChI=1S/C67H108N18O19S2/c1-6-36(3)52(61(98)78-44(34-105)57(94)75-41(29-39-17-9-8-10-18-39)62(99)83-26-14-20-46(83)59(96)76-42(66(103)104)30-51(90)91)79-60(97)47-21-15-27-84(47)63(100)48-22-16-28-85(48)65(102)53(37(4)7-2)80-56(93)43(33-86)74-50(89)32-82(25-12-11-23-68)64(101)54(38(5)87)81-58(95)45(35-106)77-55(92)40(73-49(88)31-69)19-13-24-72-67(70)71/h8-10,17-18,36-38,40-48,52-54,86-87,105-106H,6-7,11-16,19-35,68-69H2,1-5H3,(H,73,88)(H,74,89)(H,75,94)(H,76,96)(H,77,92)(H,78,98)(H,79,97)(H,80,93)(H,81,95)(H,90,91)(H,103,104)(H4,70,71,72)/t36-,37-,38+,40-,41-,42-,43-,44-,45-,46-,47-,48-,52-,53-,54-/m0/s1. The number of benzene rings is 1. The number of aliphatic hydroxyl groups is 2. The minimum Gasteiger partial charge on any atom is -0.481 e. The van der Waals surface area contributed by atoms with Gasteiger partial charge in [-0.25, -0.2) is 4.79 Å². The van der Waals surface area contributed by atoms with Crippen LogP contribution in [0.1, 0.15) is 124 Å². The number of nitrogens with one attached hydrogen (secondary N) is 9. The fourth-order valence-corrected chi connectivity index (χ4v) is 12.9. The maximum absolute atomic E-state index is 14.8. The Bertz CT molecular complexity index is 3250. The van der Waals surface area contributed by atoms with E-state index in [0.29, 0.717) is 44.1 Å². The van der Waals surface area contributed by atoms with E-state index in [1.54, 1.807) is 58.0 Å². The molecule has 0 aromatic heterocycles. The van der Waals surface area contributed by atoms with E-state index in [4.69, 9.17) is 22.9 Å². The van der Waals surface area contributed by atoms with Crippen molar-refractivity contribution in [3.63, 3.8) is 0 Å². The topological polar surface area (TPSA) is 575 Å². The molecule has 1 aromatic carbocycles. The van der Waals surface area contributed by atoms with Gasteiger partial charge in [0, 0.05) is 50.7 Å². The Kier molecular flexibility index (Phi) is 37.9. The number of hydrogen-bond donors (Lipinski definition) is 19. The number of carboxylic acids is 2. The first kappa shape index (κ1) is 89.5. The van der Waals surface area contributed by atoms with Crippen LogP contribution in [0.25, 0.3) is 0 Å². The molecular formula is C67H108N18O19S2. The first-order valence-electron chi connectivity index (χ1n) is 35.7. The Morgan fingerprint density at radius 1 is 0.575 bits per heavy atom. The number of hydrogen-bond acceptors (Lipinski definition) is 22. The highest BCUT2D eigenvalue weighted by Crippen LogP contribution is 2.28. The summed E-state index contributed by atoms with van der Waals surface area (Å²) >= 11 is 8.56. The molecule has 4 rings (SSSR count). The fourth-order valence-electron chi connectivity index (χ4n) is 12.4. The predicted molar refractivity (Wildman–Crippen MR) is 391 cm³/mol. The molecule has 0 unspecified atom stereocenters. The Morgan fingerprint density at radius 2 is 1.08 bits per heavy atom. The van der Waals surface area contributed by atoms with Crippen molar-refractivity contribution in [2.24, 2.45) is 39.8 Å². The monoisotopic (exact) mass is 1530 g/mol. The summed E-state index contributed by atoms with van der Waals surface area (Å²) in [7, 11) is 0. The summed E-state index contributed by atoms with van der Waals surface area (Å²) < 4.78 is 0. The molecule has 0 aliphatic carbocycles. The third-order valence-electron chi connectivity index (χ3n) is 18.8. The zero-order valence-electron chi connectivity index (χ0n) is 60.6. The van der Waals surface area contributed by atoms with Crippen molar-refractivity contribution >= 4 is 120 Å². The molecule has 0 saturated carbocycles. The number of likely N-dealkylation sites (tertiary alicyclic amines) is 3. The Morgan fingerprint density at radius 3 is 1.63 bits per heavy atom. The van der Waals surface area contributed by atoms with Crippen LogP contribution in [0.2, 0.25) is 0 Å². The van der Waals surface area contributed by atoms with Gasteiger partial charge in [-0.1, -0.05) is 70.9 Å². The molecule has 39 heteroatoms. The molecule has 3 aliphatic rings. The second-order valence-electron chi connectivity index (χ2n) is 26.6. The predicted octanol–water partition coefficient (Wildman–Crippen LogP) is -5.97. The first-order valence-corrected chi connectivity index (χ1v) is 36.9. The van der Waals surface area contributed by atoms with E-state index in [2.05, 4.69) is 78.1 Å². The van der Waals surface area contributed by atoms with Gasteiger partial charge in [-0.3, -0.25) is 72.1 Å². The lowest BCUT2D eigenvalue weighted by Gasteiger charge is -2.35. The van der Waals surface area contributed by atoms with E-state index in [1.807, 2.05) is 0 Å². The van der Waals surface area contributed by atoms with E-state index < -0.39 is 205 Å². The Labute approximate surface area is 626 Å². The molecule has 3 fully saturated rings. The van der Waals surface area contributed by atoms with E-state index >= 15 is 0 Å². The van der Waals surface area contributed by atoms with E-state index in [-0.39, 0.29) is 102 Å². The third-order valence-corrected chi connectivity index (χ3v) is 19.5. The molecule has 3 saturated heterocycles. The van der Waals surface area contributed by atoms with Gasteiger partial charge in [-0.15, -0.1) is 0 Å². The zero-order chi connectivity index (χ0) is 79.1. The van der Waals surface area contributed by atoms with Crippen LogP contribution in [-0.2, 0) is 78.3 Å². The smallest absolute Gasteiger partial charge is 0.326 e. The summed E-state index contributed by atoms with van der Waals surface area (Å²) in [5, 5.41) is 63.0. The maximum Gasteiger partial charge on any atom is 0.326 e. The Hall–Kier alpha value is -8.92. The number of nitrogens with two attached hydrogens (primary N) is 4. The number of thiol groups is 2. The van der Waals surface area contributed by atoms with Gasteiger partial charge in [-0.2, -0.15) is 25.3 Å². The molecule has 37 nitrogen and oxygen atoms in total. The van der Waals surface area contributed by atoms with E-state index in [0.717, 1.165) is 4.90 Å². The molecule has 15 atom stereocenters. The number of aliphatic hydroxyl groups excluding tert-OH is 2. The van der Waals surface area contributed by atoms with Crippen LogP contribution >= 0.6 is 25.3 Å². The quantitative estimate of drug-likeness (QED) is 0.0125. The van der Waals surface area contributed by atoms with Crippen molar-refractivity contribution in [2.75, 3.05) is 70.5 Å². The van der Waals surface area contributed by atoms with Gasteiger partial charge >= 0.3 is 11.9 Å². The average Bonchev–Trinajstić information content (AvgIpc) is 1.61. The van der Waals surface area contributed by atoms with Crippen LogP contribution in [0.4, 0.5) is 0 Å². The number of carbonyl (C=O) groups excluding carboxylic acids is 13. The highest BCUT2D eigenvalue weighted by atomic mass is 32.1. The molecule has 1 aromatic rings. The van der Waals surface area contributed by atoms with Crippen LogP contribution in [0, 0.1) is 11.8 Å². The molecule has 3 heterocycles. The summed E-state index contributed by atoms with van der Waals surface area (Å²) in [5.74, 6) is -15.8. The number of carbonyl (C=O) groups is 15. The molecule has 592 valence electrons. The summed E-state index contributed by atoms with van der Waals surface area (Å²) in [5.41, 5.74) is 22.6. The Balaban J connectivity index is 1.47. The van der Waals surface area contributed by atoms with E-state index in [9.17, 15) is 92.3 Å². The largest absolute Gasteiger partial charge is 0.481 e. The first-order chi connectivity index (χ1) is 50.3. The molecular weight excluding hydrogens is 1420 g/mol. The highest BCUT2D eigenvalue weighted by Gasteiger charge is 2.47. The van der Waals surface area contributed by atoms with Crippen molar-refractivity contribution in [1.29, 1.82) is 0 Å². The average molecular weight is 1530 g/mol. The number of aliphatic carboxylic acids is 2. The van der Waals surface area contributed by atoms with Crippen LogP contribution in [0.15, 0.2) is 35.3 Å². The number of aliphatic imine (C=N–C) groups is 1.